The molecule has 0 heterocycles. The van der Waals surface area contributed by atoms with Crippen molar-refractivity contribution in [1.29, 1.82) is 0 Å². The summed E-state index contributed by atoms with van der Waals surface area (Å²) in [6.07, 6.45) is 0. The molecular weight excluding hydrogens is 302 g/mol. The van der Waals surface area contributed by atoms with E-state index in [2.05, 4.69) is 10.6 Å². The molecule has 2 aromatic rings. The van der Waals surface area contributed by atoms with E-state index in [0.29, 0.717) is 5.02 Å². The molecule has 2 N–H and O–H groups in total. The van der Waals surface area contributed by atoms with E-state index in [4.69, 9.17) is 23.8 Å². The maximum Gasteiger partial charge on any atom is 0.175 e. The van der Waals surface area contributed by atoms with Crippen LogP contribution in [0.4, 0.5) is 20.2 Å². The van der Waals surface area contributed by atoms with Gasteiger partial charge in [0.25, 0.3) is 0 Å². The summed E-state index contributed by atoms with van der Waals surface area (Å²) in [6.45, 7) is 1.84. The smallest absolute Gasteiger partial charge is 0.175 e. The molecule has 0 radical (unpaired) electrons. The number of anilines is 2. The standard InChI is InChI=1S/C14H11ClF2N2S/c1-8-10(15)3-2-4-12(8)18-14(20)19-13-6-5-9(16)7-11(13)17/h2-7H,1H3,(H2,18,19,20). The molecule has 0 saturated heterocycles. The van der Waals surface area contributed by atoms with Crippen molar-refractivity contribution in [3.05, 3.63) is 58.6 Å². The third kappa shape index (κ3) is 3.43. The molecule has 0 aliphatic heterocycles. The molecule has 0 fully saturated rings. The molecule has 2 rings (SSSR count). The SMILES string of the molecule is Cc1c(Cl)cccc1NC(=S)Nc1ccc(F)cc1F. The Hall–Kier alpha value is -1.72. The van der Waals surface area contributed by atoms with Crippen LogP contribution >= 0.6 is 23.8 Å². The van der Waals surface area contributed by atoms with Crippen LogP contribution in [0.2, 0.25) is 5.02 Å². The molecule has 0 aliphatic carbocycles. The highest BCUT2D eigenvalue weighted by Crippen LogP contribution is 2.23. The second-order valence-corrected chi connectivity index (χ2v) is 4.93. The first-order valence-electron chi connectivity index (χ1n) is 5.75. The van der Waals surface area contributed by atoms with E-state index in [9.17, 15) is 8.78 Å². The molecule has 0 saturated carbocycles. The first-order chi connectivity index (χ1) is 9.47. The topological polar surface area (TPSA) is 24.1 Å². The van der Waals surface area contributed by atoms with Gasteiger partial charge in [-0.3, -0.25) is 0 Å². The van der Waals surface area contributed by atoms with Gasteiger partial charge in [-0.15, -0.1) is 0 Å². The van der Waals surface area contributed by atoms with Gasteiger partial charge < -0.3 is 10.6 Å². The van der Waals surface area contributed by atoms with Crippen molar-refractivity contribution in [3.63, 3.8) is 0 Å². The van der Waals surface area contributed by atoms with E-state index in [-0.39, 0.29) is 10.8 Å². The van der Waals surface area contributed by atoms with Crippen LogP contribution in [0.5, 0.6) is 0 Å². The van der Waals surface area contributed by atoms with Crippen LogP contribution in [0.15, 0.2) is 36.4 Å². The second kappa shape index (κ2) is 6.15. The van der Waals surface area contributed by atoms with Crippen molar-refractivity contribution in [2.24, 2.45) is 0 Å². The van der Waals surface area contributed by atoms with E-state index < -0.39 is 11.6 Å². The van der Waals surface area contributed by atoms with Crippen LogP contribution in [0.3, 0.4) is 0 Å². The normalized spacial score (nSPS) is 10.2. The van der Waals surface area contributed by atoms with Gasteiger partial charge in [0.2, 0.25) is 0 Å². The van der Waals surface area contributed by atoms with Gasteiger partial charge in [0.15, 0.2) is 5.11 Å². The molecule has 0 spiro atoms. The summed E-state index contributed by atoms with van der Waals surface area (Å²) in [6, 6.07) is 8.56. The van der Waals surface area contributed by atoms with E-state index in [1.165, 1.54) is 6.07 Å². The fraction of sp³-hybridized carbons (Fsp3) is 0.0714. The number of thiocarbonyl (C=S) groups is 1. The van der Waals surface area contributed by atoms with Gasteiger partial charge in [0.1, 0.15) is 11.6 Å². The number of rotatable bonds is 2. The van der Waals surface area contributed by atoms with Gasteiger partial charge in [-0.2, -0.15) is 0 Å². The van der Waals surface area contributed by atoms with E-state index >= 15 is 0 Å². The Morgan fingerprint density at radius 2 is 1.80 bits per heavy atom. The van der Waals surface area contributed by atoms with Crippen LogP contribution in [-0.4, -0.2) is 5.11 Å². The lowest BCUT2D eigenvalue weighted by Gasteiger charge is -2.13. The minimum Gasteiger partial charge on any atom is -0.332 e. The van der Waals surface area contributed by atoms with E-state index in [1.54, 1.807) is 18.2 Å². The lowest BCUT2D eigenvalue weighted by Crippen LogP contribution is -2.20. The molecule has 0 atom stereocenters. The number of nitrogens with one attached hydrogen (secondary N) is 2. The van der Waals surface area contributed by atoms with Crippen molar-refractivity contribution in [3.8, 4) is 0 Å². The van der Waals surface area contributed by atoms with Crippen molar-refractivity contribution >= 4 is 40.3 Å². The van der Waals surface area contributed by atoms with Crippen LogP contribution in [-0.2, 0) is 0 Å². The highest BCUT2D eigenvalue weighted by atomic mass is 35.5. The molecule has 20 heavy (non-hydrogen) atoms. The molecule has 104 valence electrons. The van der Waals surface area contributed by atoms with Crippen molar-refractivity contribution < 1.29 is 8.78 Å². The van der Waals surface area contributed by atoms with Gasteiger partial charge >= 0.3 is 0 Å². The largest absolute Gasteiger partial charge is 0.332 e. The highest BCUT2D eigenvalue weighted by Gasteiger charge is 2.07. The third-order valence-electron chi connectivity index (χ3n) is 2.70. The van der Waals surface area contributed by atoms with Crippen LogP contribution in [0.25, 0.3) is 0 Å². The molecule has 2 aromatic carbocycles. The molecule has 0 amide bonds. The lowest BCUT2D eigenvalue weighted by atomic mass is 10.2. The fourth-order valence-corrected chi connectivity index (χ4v) is 2.00. The minimum atomic E-state index is -0.711. The van der Waals surface area contributed by atoms with Crippen LogP contribution < -0.4 is 10.6 Å². The molecule has 2 nitrogen and oxygen atoms in total. The lowest BCUT2D eigenvalue weighted by molar-refractivity contribution is 0.586. The summed E-state index contributed by atoms with van der Waals surface area (Å²) < 4.78 is 26.3. The Morgan fingerprint density at radius 1 is 1.10 bits per heavy atom. The number of halogens is 3. The monoisotopic (exact) mass is 312 g/mol. The number of hydrogen-bond donors (Lipinski definition) is 2. The maximum atomic E-state index is 13.5. The van der Waals surface area contributed by atoms with Crippen molar-refractivity contribution in [1.82, 2.24) is 0 Å². The van der Waals surface area contributed by atoms with Crippen LogP contribution in [0.1, 0.15) is 5.56 Å². The fourth-order valence-electron chi connectivity index (χ4n) is 1.61. The van der Waals surface area contributed by atoms with Crippen molar-refractivity contribution in [2.75, 3.05) is 10.6 Å². The summed E-state index contributed by atoms with van der Waals surface area (Å²) in [4.78, 5) is 0. The molecular formula is C14H11ClF2N2S. The Morgan fingerprint density at radius 3 is 2.50 bits per heavy atom. The van der Waals surface area contributed by atoms with E-state index in [1.807, 2.05) is 6.92 Å². The summed E-state index contributed by atoms with van der Waals surface area (Å²) in [5.41, 5.74) is 1.65. The summed E-state index contributed by atoms with van der Waals surface area (Å²) in [7, 11) is 0. The Labute approximate surface area is 125 Å². The Balaban J connectivity index is 2.11. The summed E-state index contributed by atoms with van der Waals surface area (Å²) >= 11 is 11.1. The zero-order valence-corrected chi connectivity index (χ0v) is 12.1. The first-order valence-corrected chi connectivity index (χ1v) is 6.54. The quantitative estimate of drug-likeness (QED) is 0.784. The number of benzene rings is 2. The maximum absolute atomic E-state index is 13.5. The average Bonchev–Trinajstić information content (AvgIpc) is 2.38. The zero-order chi connectivity index (χ0) is 14.7. The first kappa shape index (κ1) is 14.7. The number of hydrogen-bond acceptors (Lipinski definition) is 1. The van der Waals surface area contributed by atoms with Gasteiger partial charge in [0, 0.05) is 16.8 Å². The van der Waals surface area contributed by atoms with Gasteiger partial charge in [0.05, 0.1) is 5.69 Å². The predicted octanol–water partition coefficient (Wildman–Crippen LogP) is 4.74. The molecule has 0 aliphatic rings. The molecule has 0 bridgehead atoms. The summed E-state index contributed by atoms with van der Waals surface area (Å²) in [5, 5.41) is 6.38. The predicted molar refractivity (Wildman–Crippen MR) is 82.4 cm³/mol. The molecule has 0 unspecified atom stereocenters. The Kier molecular flexibility index (Phi) is 4.52. The average molecular weight is 313 g/mol. The van der Waals surface area contributed by atoms with Crippen molar-refractivity contribution in [2.45, 2.75) is 6.92 Å². The minimum absolute atomic E-state index is 0.101. The molecule has 6 heteroatoms. The zero-order valence-electron chi connectivity index (χ0n) is 10.5. The van der Waals surface area contributed by atoms with Gasteiger partial charge in [-0.05, 0) is 49.0 Å². The van der Waals surface area contributed by atoms with Gasteiger partial charge in [-0.1, -0.05) is 17.7 Å². The highest BCUT2D eigenvalue weighted by molar-refractivity contribution is 7.80. The Bertz CT molecular complexity index is 662. The van der Waals surface area contributed by atoms with E-state index in [0.717, 1.165) is 23.4 Å². The second-order valence-electron chi connectivity index (χ2n) is 4.12. The third-order valence-corrected chi connectivity index (χ3v) is 3.31. The molecule has 0 aromatic heterocycles. The van der Waals surface area contributed by atoms with Crippen LogP contribution in [0, 0.1) is 18.6 Å². The van der Waals surface area contributed by atoms with Gasteiger partial charge in [-0.25, -0.2) is 8.78 Å². The summed E-state index contributed by atoms with van der Waals surface area (Å²) in [5.74, 6) is -1.35.